The predicted molar refractivity (Wildman–Crippen MR) is 147 cm³/mol. The van der Waals surface area contributed by atoms with E-state index in [4.69, 9.17) is 28.1 Å². The Morgan fingerprint density at radius 2 is 1.48 bits per heavy atom. The van der Waals surface area contributed by atoms with E-state index in [0.29, 0.717) is 0 Å². The Labute approximate surface area is 257 Å². The number of aliphatic hydroxyl groups is 7. The van der Waals surface area contributed by atoms with E-state index < -0.39 is 108 Å². The number of benzene rings is 2. The summed E-state index contributed by atoms with van der Waals surface area (Å²) in [6, 6.07) is 5.77. The lowest BCUT2D eigenvalue weighted by Crippen LogP contribution is -2.61. The number of phenols is 1. The van der Waals surface area contributed by atoms with Gasteiger partial charge in [0.25, 0.3) is 0 Å². The summed E-state index contributed by atoms with van der Waals surface area (Å²) < 4.78 is 32.5. The van der Waals surface area contributed by atoms with Gasteiger partial charge in [-0.1, -0.05) is 0 Å². The maximum atomic E-state index is 13.5. The average Bonchev–Trinajstić information content (AvgIpc) is 3.02. The third kappa shape index (κ3) is 5.88. The van der Waals surface area contributed by atoms with E-state index in [2.05, 4.69) is 0 Å². The Morgan fingerprint density at radius 1 is 0.826 bits per heavy atom. The maximum absolute atomic E-state index is 13.5. The second-order valence-electron chi connectivity index (χ2n) is 10.5. The number of hydrogen-bond donors (Lipinski definition) is 10. The first-order valence-electron chi connectivity index (χ1n) is 13.5. The van der Waals surface area contributed by atoms with Gasteiger partial charge >= 0.3 is 5.97 Å². The average molecular weight is 655 g/mol. The second kappa shape index (κ2) is 12.9. The first-order valence-corrected chi connectivity index (χ1v) is 13.5. The van der Waals surface area contributed by atoms with Gasteiger partial charge in [0.1, 0.15) is 65.2 Å². The molecule has 2 aliphatic heterocycles. The summed E-state index contributed by atoms with van der Waals surface area (Å²) in [5.41, 5.74) is -1.51. The van der Waals surface area contributed by atoms with Gasteiger partial charge in [0.05, 0.1) is 13.7 Å². The number of carbonyl (C=O) groups is 1. The summed E-state index contributed by atoms with van der Waals surface area (Å²) in [7, 11) is 1.30. The van der Waals surface area contributed by atoms with Crippen LogP contribution in [0.1, 0.15) is 0 Å². The molecule has 0 amide bonds. The van der Waals surface area contributed by atoms with Gasteiger partial charge in [-0.15, -0.1) is 0 Å². The monoisotopic (exact) mass is 654 g/mol. The quantitative estimate of drug-likeness (QED) is 0.118. The molecule has 2 fully saturated rings. The summed E-state index contributed by atoms with van der Waals surface area (Å²) in [6.07, 6.45) is -18.9. The lowest BCUT2D eigenvalue weighted by molar-refractivity contribution is -0.277. The molecule has 1 aromatic heterocycles. The molecule has 0 unspecified atom stereocenters. The number of methoxy groups -OCH3 is 1. The number of phenolic OH excluding ortho intramolecular Hbond substituents is 1. The van der Waals surface area contributed by atoms with Crippen LogP contribution >= 0.6 is 0 Å². The minimum Gasteiger partial charge on any atom is -0.504 e. The fraction of sp³-hybridized carbons (Fsp3) is 0.429. The van der Waals surface area contributed by atoms with Crippen LogP contribution in [-0.2, 0) is 14.3 Å². The highest BCUT2D eigenvalue weighted by Gasteiger charge is 2.48. The number of fused-ring (bicyclic) bond motifs is 1. The van der Waals surface area contributed by atoms with Crippen LogP contribution < -0.4 is 19.6 Å². The third-order valence-corrected chi connectivity index (χ3v) is 7.51. The number of hydrogen-bond acceptors (Lipinski definition) is 17. The normalized spacial score (nSPS) is 31.4. The number of aliphatic hydroxyl groups excluding tert-OH is 7. The number of rotatable bonds is 8. The molecule has 250 valence electrons. The van der Waals surface area contributed by atoms with Crippen LogP contribution in [0.5, 0.6) is 28.7 Å². The van der Waals surface area contributed by atoms with Crippen LogP contribution in [0.25, 0.3) is 22.3 Å². The molecular formula is C28H30O18. The minimum absolute atomic E-state index is 0.00460. The van der Waals surface area contributed by atoms with Crippen molar-refractivity contribution >= 4 is 16.9 Å². The zero-order chi connectivity index (χ0) is 33.6. The SMILES string of the molecule is COc1ccc(-c2oc3cc(O[C@@H]4O[C@H](C(=O)O)[C@@H](O)[C@H](O)[C@H]4O)cc(O[C@@H]4O[C@H](CO)[C@@H](O)[C@H](O)[C@H]4O)c3c(=O)c2O)cc1O. The van der Waals surface area contributed by atoms with Crippen LogP contribution in [0.3, 0.4) is 0 Å². The molecule has 5 rings (SSSR count). The number of carboxylic acids is 1. The molecular weight excluding hydrogens is 624 g/mol. The molecule has 0 aliphatic carbocycles. The fourth-order valence-corrected chi connectivity index (χ4v) is 5.01. The summed E-state index contributed by atoms with van der Waals surface area (Å²) >= 11 is 0. The van der Waals surface area contributed by atoms with E-state index in [1.54, 1.807) is 0 Å². The first-order chi connectivity index (χ1) is 21.8. The molecule has 0 spiro atoms. The molecule has 10 N–H and O–H groups in total. The Morgan fingerprint density at radius 3 is 2.09 bits per heavy atom. The van der Waals surface area contributed by atoms with Gasteiger partial charge in [0, 0.05) is 17.7 Å². The Bertz CT molecular complexity index is 1650. The molecule has 0 saturated carbocycles. The highest BCUT2D eigenvalue weighted by atomic mass is 16.7. The Kier molecular flexibility index (Phi) is 9.27. The van der Waals surface area contributed by atoms with Crippen molar-refractivity contribution < 1.29 is 84.0 Å². The van der Waals surface area contributed by atoms with Gasteiger partial charge in [-0.2, -0.15) is 0 Å². The fourth-order valence-electron chi connectivity index (χ4n) is 5.01. The predicted octanol–water partition coefficient (Wildman–Crippen LogP) is -2.67. The number of aromatic hydroxyl groups is 2. The van der Waals surface area contributed by atoms with Gasteiger partial charge in [-0.25, -0.2) is 4.79 Å². The molecule has 0 bridgehead atoms. The van der Waals surface area contributed by atoms with Crippen molar-refractivity contribution in [1.29, 1.82) is 0 Å². The summed E-state index contributed by atoms with van der Waals surface area (Å²) in [5, 5.41) is 101. The molecule has 2 aliphatic rings. The molecule has 2 aromatic carbocycles. The van der Waals surface area contributed by atoms with Gasteiger partial charge < -0.3 is 79.2 Å². The second-order valence-corrected chi connectivity index (χ2v) is 10.5. The smallest absolute Gasteiger partial charge is 0.335 e. The molecule has 18 heteroatoms. The van der Waals surface area contributed by atoms with E-state index in [-0.39, 0.29) is 22.8 Å². The molecule has 18 nitrogen and oxygen atoms in total. The summed E-state index contributed by atoms with van der Waals surface area (Å²) in [5.74, 6) is -4.35. The molecule has 2 saturated heterocycles. The van der Waals surface area contributed by atoms with Crippen molar-refractivity contribution in [2.24, 2.45) is 0 Å². The van der Waals surface area contributed by atoms with Crippen molar-refractivity contribution in [1.82, 2.24) is 0 Å². The molecule has 10 atom stereocenters. The van der Waals surface area contributed by atoms with E-state index in [1.165, 1.54) is 19.2 Å². The lowest BCUT2D eigenvalue weighted by atomic mass is 9.99. The number of ether oxygens (including phenoxy) is 5. The highest BCUT2D eigenvalue weighted by Crippen LogP contribution is 2.40. The summed E-state index contributed by atoms with van der Waals surface area (Å²) in [4.78, 5) is 25.1. The van der Waals surface area contributed by atoms with E-state index >= 15 is 0 Å². The number of carboxylic acid groups (broad SMARTS) is 1. The maximum Gasteiger partial charge on any atom is 0.335 e. The zero-order valence-corrected chi connectivity index (χ0v) is 23.6. The Hall–Kier alpha value is -4.24. The summed E-state index contributed by atoms with van der Waals surface area (Å²) in [6.45, 7) is -0.814. The minimum atomic E-state index is -2.03. The van der Waals surface area contributed by atoms with Crippen LogP contribution in [0.2, 0.25) is 0 Å². The molecule has 0 radical (unpaired) electrons. The van der Waals surface area contributed by atoms with Gasteiger partial charge in [0.15, 0.2) is 23.4 Å². The Balaban J connectivity index is 1.63. The van der Waals surface area contributed by atoms with E-state index in [1.807, 2.05) is 0 Å². The third-order valence-electron chi connectivity index (χ3n) is 7.51. The largest absolute Gasteiger partial charge is 0.504 e. The molecule has 46 heavy (non-hydrogen) atoms. The zero-order valence-electron chi connectivity index (χ0n) is 23.6. The van der Waals surface area contributed by atoms with E-state index in [9.17, 15) is 60.7 Å². The van der Waals surface area contributed by atoms with Crippen LogP contribution in [0, 0.1) is 0 Å². The molecule has 3 heterocycles. The number of aliphatic carboxylic acids is 1. The highest BCUT2D eigenvalue weighted by molar-refractivity contribution is 5.88. The van der Waals surface area contributed by atoms with Gasteiger partial charge in [-0.3, -0.25) is 4.79 Å². The topological polar surface area (TPSA) is 296 Å². The van der Waals surface area contributed by atoms with Crippen molar-refractivity contribution in [3.63, 3.8) is 0 Å². The van der Waals surface area contributed by atoms with Crippen LogP contribution in [0.4, 0.5) is 0 Å². The van der Waals surface area contributed by atoms with Crippen molar-refractivity contribution in [3.8, 4) is 40.1 Å². The van der Waals surface area contributed by atoms with E-state index in [0.717, 1.165) is 18.2 Å². The van der Waals surface area contributed by atoms with Gasteiger partial charge in [0.2, 0.25) is 23.8 Å². The van der Waals surface area contributed by atoms with Crippen molar-refractivity contribution in [2.75, 3.05) is 13.7 Å². The van der Waals surface area contributed by atoms with Crippen LogP contribution in [0.15, 0.2) is 39.5 Å². The standard InChI is InChI=1S/C28H30O18/c1-41-11-3-2-8(4-10(11)30)24-20(35)17(32)15-12(43-24)5-9(42-27-23(38)19(34)21(36)25(46-27)26(39)40)6-13(15)44-28-22(37)18(33)16(31)14(7-29)45-28/h2-6,14,16,18-19,21-23,25,27-31,33-38H,7H2,1H3,(H,39,40)/t14-,16-,18+,19+,21+,22-,23-,25+,27-,28-/m1/s1. The molecule has 3 aromatic rings. The van der Waals surface area contributed by atoms with Crippen molar-refractivity contribution in [3.05, 3.63) is 40.6 Å². The van der Waals surface area contributed by atoms with Crippen LogP contribution in [-0.4, -0.2) is 132 Å². The lowest BCUT2D eigenvalue weighted by Gasteiger charge is -2.39. The first kappa shape index (κ1) is 33.1. The van der Waals surface area contributed by atoms with Crippen molar-refractivity contribution in [2.45, 2.75) is 61.4 Å². The van der Waals surface area contributed by atoms with Gasteiger partial charge in [-0.05, 0) is 18.2 Å².